The third-order valence-electron chi connectivity index (χ3n) is 3.66. The van der Waals surface area contributed by atoms with Gasteiger partial charge >= 0.3 is 0 Å². The smallest absolute Gasteiger partial charge is 0.257 e. The second-order valence-electron chi connectivity index (χ2n) is 6.62. The van der Waals surface area contributed by atoms with Crippen LogP contribution in [-0.2, 0) is 4.74 Å². The van der Waals surface area contributed by atoms with Crippen LogP contribution >= 0.6 is 28.1 Å². The highest BCUT2D eigenvalue weighted by atomic mass is 79.9. The van der Waals surface area contributed by atoms with E-state index in [1.54, 1.807) is 25.3 Å². The fourth-order valence-corrected chi connectivity index (χ4v) is 2.93. The van der Waals surface area contributed by atoms with Gasteiger partial charge in [0.25, 0.3) is 5.91 Å². The monoisotopic (exact) mass is 480 g/mol. The predicted molar refractivity (Wildman–Crippen MR) is 122 cm³/mol. The van der Waals surface area contributed by atoms with Crippen molar-refractivity contribution in [3.63, 3.8) is 0 Å². The predicted octanol–water partition coefficient (Wildman–Crippen LogP) is 4.64. The summed E-state index contributed by atoms with van der Waals surface area (Å²) in [4.78, 5) is 12.4. The number of hydrogen-bond acceptors (Lipinski definition) is 5. The van der Waals surface area contributed by atoms with Gasteiger partial charge in [0.05, 0.1) is 17.7 Å². The van der Waals surface area contributed by atoms with Crippen LogP contribution in [-0.4, -0.2) is 38.0 Å². The summed E-state index contributed by atoms with van der Waals surface area (Å²) in [5.41, 5.74) is 1.22. The van der Waals surface area contributed by atoms with Gasteiger partial charge in [0.1, 0.15) is 18.1 Å². The molecule has 156 valence electrons. The number of benzene rings is 2. The molecule has 0 unspecified atom stereocenters. The zero-order valence-corrected chi connectivity index (χ0v) is 19.1. The number of ether oxygens (including phenoxy) is 3. The summed E-state index contributed by atoms with van der Waals surface area (Å²) in [5, 5.41) is 5.87. The van der Waals surface area contributed by atoms with Crippen molar-refractivity contribution in [2.24, 2.45) is 5.92 Å². The van der Waals surface area contributed by atoms with Gasteiger partial charge in [0, 0.05) is 18.4 Å². The number of nitrogens with one attached hydrogen (secondary N) is 2. The van der Waals surface area contributed by atoms with Gasteiger partial charge in [-0.3, -0.25) is 10.1 Å². The number of hydrogen-bond donors (Lipinski definition) is 2. The van der Waals surface area contributed by atoms with Gasteiger partial charge in [-0.1, -0.05) is 13.8 Å². The Kier molecular flexibility index (Phi) is 9.37. The molecule has 0 saturated carbocycles. The fraction of sp³-hybridized carbons (Fsp3) is 0.333. The second-order valence-corrected chi connectivity index (χ2v) is 7.89. The van der Waals surface area contributed by atoms with Crippen LogP contribution in [0.4, 0.5) is 5.69 Å². The lowest BCUT2D eigenvalue weighted by atomic mass is 10.2. The normalized spacial score (nSPS) is 10.5. The molecule has 2 aromatic carbocycles. The lowest BCUT2D eigenvalue weighted by molar-refractivity contribution is 0.0977. The zero-order chi connectivity index (χ0) is 21.2. The Bertz CT molecular complexity index is 828. The molecule has 0 aromatic heterocycles. The Morgan fingerprint density at radius 1 is 1.10 bits per heavy atom. The van der Waals surface area contributed by atoms with E-state index in [1.807, 2.05) is 24.3 Å². The Morgan fingerprint density at radius 2 is 1.83 bits per heavy atom. The summed E-state index contributed by atoms with van der Waals surface area (Å²) < 4.78 is 16.8. The number of anilines is 1. The minimum Gasteiger partial charge on any atom is -0.493 e. The molecule has 0 aliphatic heterocycles. The average Bonchev–Trinajstić information content (AvgIpc) is 2.68. The van der Waals surface area contributed by atoms with Crippen molar-refractivity contribution in [2.45, 2.75) is 13.8 Å². The molecule has 0 aliphatic carbocycles. The van der Waals surface area contributed by atoms with Crippen LogP contribution in [0.25, 0.3) is 0 Å². The van der Waals surface area contributed by atoms with E-state index in [2.05, 4.69) is 40.4 Å². The maximum Gasteiger partial charge on any atom is 0.257 e. The van der Waals surface area contributed by atoms with E-state index < -0.39 is 0 Å². The molecule has 2 rings (SSSR count). The van der Waals surface area contributed by atoms with Gasteiger partial charge in [-0.15, -0.1) is 0 Å². The van der Waals surface area contributed by atoms with Crippen molar-refractivity contribution in [3.8, 4) is 11.5 Å². The van der Waals surface area contributed by atoms with Gasteiger partial charge in [-0.25, -0.2) is 0 Å². The summed E-state index contributed by atoms with van der Waals surface area (Å²) in [6.07, 6.45) is 0. The van der Waals surface area contributed by atoms with Crippen molar-refractivity contribution in [1.29, 1.82) is 0 Å². The average molecular weight is 481 g/mol. The Morgan fingerprint density at radius 3 is 2.45 bits per heavy atom. The van der Waals surface area contributed by atoms with Crippen LogP contribution in [0.15, 0.2) is 46.9 Å². The quantitative estimate of drug-likeness (QED) is 0.402. The first kappa shape index (κ1) is 23.1. The largest absolute Gasteiger partial charge is 0.493 e. The number of thiocarbonyl (C=S) groups is 1. The van der Waals surface area contributed by atoms with Crippen LogP contribution < -0.4 is 20.1 Å². The highest BCUT2D eigenvalue weighted by Crippen LogP contribution is 2.26. The van der Waals surface area contributed by atoms with Gasteiger partial charge in [-0.05, 0) is 76.5 Å². The minimum atomic E-state index is -0.316. The first-order chi connectivity index (χ1) is 13.9. The molecule has 0 saturated heterocycles. The highest BCUT2D eigenvalue weighted by Gasteiger charge is 2.11. The van der Waals surface area contributed by atoms with Crippen LogP contribution in [0.3, 0.4) is 0 Å². The Labute approximate surface area is 185 Å². The maximum absolute atomic E-state index is 12.4. The second kappa shape index (κ2) is 11.7. The van der Waals surface area contributed by atoms with Gasteiger partial charge in [-0.2, -0.15) is 0 Å². The van der Waals surface area contributed by atoms with E-state index in [4.69, 9.17) is 26.4 Å². The lowest BCUT2D eigenvalue weighted by Gasteiger charge is -2.12. The standard InChI is InChI=1S/C21H25BrN2O4S/c1-14(2)13-28-17-7-5-16(6-8-17)23-21(29)24-20(25)15-4-9-19(18(22)12-15)27-11-10-26-3/h4-9,12,14H,10-11,13H2,1-3H3,(H2,23,24,25,29). The molecule has 0 spiro atoms. The molecule has 0 bridgehead atoms. The van der Waals surface area contributed by atoms with E-state index in [-0.39, 0.29) is 11.0 Å². The summed E-state index contributed by atoms with van der Waals surface area (Å²) in [6.45, 7) is 5.76. The Hall–Kier alpha value is -2.16. The molecule has 0 fully saturated rings. The molecule has 29 heavy (non-hydrogen) atoms. The first-order valence-corrected chi connectivity index (χ1v) is 10.4. The molecular formula is C21H25BrN2O4S. The summed E-state index contributed by atoms with van der Waals surface area (Å²) >= 11 is 8.64. The van der Waals surface area contributed by atoms with E-state index in [9.17, 15) is 4.79 Å². The molecule has 8 heteroatoms. The highest BCUT2D eigenvalue weighted by molar-refractivity contribution is 9.10. The van der Waals surface area contributed by atoms with Crippen molar-refractivity contribution in [3.05, 3.63) is 52.5 Å². The van der Waals surface area contributed by atoms with Crippen molar-refractivity contribution in [1.82, 2.24) is 5.32 Å². The number of carbonyl (C=O) groups excluding carboxylic acids is 1. The van der Waals surface area contributed by atoms with Gasteiger partial charge in [0.15, 0.2) is 5.11 Å². The molecule has 0 atom stereocenters. The maximum atomic E-state index is 12.4. The first-order valence-electron chi connectivity index (χ1n) is 9.15. The van der Waals surface area contributed by atoms with Crippen LogP contribution in [0, 0.1) is 5.92 Å². The van der Waals surface area contributed by atoms with Crippen LogP contribution in [0.5, 0.6) is 11.5 Å². The van der Waals surface area contributed by atoms with Crippen molar-refractivity contribution in [2.75, 3.05) is 32.2 Å². The molecule has 1 amide bonds. The molecule has 0 radical (unpaired) electrons. The SMILES string of the molecule is COCCOc1ccc(C(=O)NC(=S)Nc2ccc(OCC(C)C)cc2)cc1Br. The third-order valence-corrected chi connectivity index (χ3v) is 4.49. The number of amides is 1. The van der Waals surface area contributed by atoms with E-state index >= 15 is 0 Å². The summed E-state index contributed by atoms with van der Waals surface area (Å²) in [7, 11) is 1.61. The number of halogens is 1. The van der Waals surface area contributed by atoms with Crippen molar-refractivity contribution < 1.29 is 19.0 Å². The molecule has 2 N–H and O–H groups in total. The molecule has 2 aromatic rings. The molecule has 0 heterocycles. The number of carbonyl (C=O) groups is 1. The van der Waals surface area contributed by atoms with Crippen LogP contribution in [0.2, 0.25) is 0 Å². The van der Waals surface area contributed by atoms with E-state index in [0.29, 0.717) is 41.5 Å². The molecular weight excluding hydrogens is 456 g/mol. The van der Waals surface area contributed by atoms with Crippen LogP contribution in [0.1, 0.15) is 24.2 Å². The zero-order valence-electron chi connectivity index (χ0n) is 16.7. The van der Waals surface area contributed by atoms with E-state index in [1.165, 1.54) is 0 Å². The summed E-state index contributed by atoms with van der Waals surface area (Å²) in [5.74, 6) is 1.57. The van der Waals surface area contributed by atoms with Crippen molar-refractivity contribution >= 4 is 44.9 Å². The summed E-state index contributed by atoms with van der Waals surface area (Å²) in [6, 6.07) is 12.5. The molecule has 6 nitrogen and oxygen atoms in total. The third kappa shape index (κ3) is 8.00. The number of methoxy groups -OCH3 is 1. The fourth-order valence-electron chi connectivity index (χ4n) is 2.23. The van der Waals surface area contributed by atoms with E-state index in [0.717, 1.165) is 11.4 Å². The topological polar surface area (TPSA) is 68.8 Å². The minimum absolute atomic E-state index is 0.211. The van der Waals surface area contributed by atoms with Gasteiger partial charge in [0.2, 0.25) is 0 Å². The molecule has 0 aliphatic rings. The van der Waals surface area contributed by atoms with Gasteiger partial charge < -0.3 is 19.5 Å². The lowest BCUT2D eigenvalue weighted by Crippen LogP contribution is -2.34. The Balaban J connectivity index is 1.88. The number of rotatable bonds is 9.